The lowest BCUT2D eigenvalue weighted by Gasteiger charge is -2.10. The van der Waals surface area contributed by atoms with Gasteiger partial charge in [-0.15, -0.1) is 11.8 Å². The van der Waals surface area contributed by atoms with Crippen molar-refractivity contribution in [2.45, 2.75) is 17.4 Å². The van der Waals surface area contributed by atoms with Crippen molar-refractivity contribution in [2.24, 2.45) is 0 Å². The van der Waals surface area contributed by atoms with Crippen molar-refractivity contribution in [3.63, 3.8) is 0 Å². The van der Waals surface area contributed by atoms with Crippen LogP contribution in [0, 0.1) is 0 Å². The van der Waals surface area contributed by atoms with Crippen molar-refractivity contribution in [3.05, 3.63) is 30.3 Å². The van der Waals surface area contributed by atoms with Gasteiger partial charge in [0.2, 0.25) is 5.91 Å². The second-order valence-electron chi connectivity index (χ2n) is 3.85. The minimum absolute atomic E-state index is 0.0199. The normalized spacial score (nSPS) is 12.1. The molecule has 2 N–H and O–H groups in total. The SMILES string of the molecule is COCC(O)CCNC(=O)CSc1ccccc1. The number of rotatable bonds is 8. The summed E-state index contributed by atoms with van der Waals surface area (Å²) in [4.78, 5) is 12.6. The van der Waals surface area contributed by atoms with Gasteiger partial charge in [-0.1, -0.05) is 18.2 Å². The number of hydrogen-bond donors (Lipinski definition) is 2. The Hall–Kier alpha value is -1.04. The molecule has 4 nitrogen and oxygen atoms in total. The number of thioether (sulfide) groups is 1. The van der Waals surface area contributed by atoms with Crippen LogP contribution in [0.15, 0.2) is 35.2 Å². The number of carbonyl (C=O) groups excluding carboxylic acids is 1. The van der Waals surface area contributed by atoms with E-state index in [1.807, 2.05) is 30.3 Å². The third-order valence-electron chi connectivity index (χ3n) is 2.27. The van der Waals surface area contributed by atoms with Crippen LogP contribution in [0.2, 0.25) is 0 Å². The monoisotopic (exact) mass is 269 g/mol. The van der Waals surface area contributed by atoms with Crippen molar-refractivity contribution in [3.8, 4) is 0 Å². The maximum atomic E-state index is 11.5. The molecular weight excluding hydrogens is 250 g/mol. The van der Waals surface area contributed by atoms with Crippen LogP contribution < -0.4 is 5.32 Å². The number of aliphatic hydroxyl groups excluding tert-OH is 1. The average Bonchev–Trinajstić information content (AvgIpc) is 2.38. The topological polar surface area (TPSA) is 58.6 Å². The molecule has 5 heteroatoms. The molecule has 0 saturated carbocycles. The van der Waals surface area contributed by atoms with E-state index in [-0.39, 0.29) is 5.91 Å². The van der Waals surface area contributed by atoms with Gasteiger partial charge in [0.25, 0.3) is 0 Å². The highest BCUT2D eigenvalue weighted by atomic mass is 32.2. The van der Waals surface area contributed by atoms with E-state index in [0.717, 1.165) is 4.90 Å². The third-order valence-corrected chi connectivity index (χ3v) is 3.28. The highest BCUT2D eigenvalue weighted by Gasteiger charge is 2.05. The molecule has 1 unspecified atom stereocenters. The highest BCUT2D eigenvalue weighted by Crippen LogP contribution is 2.16. The van der Waals surface area contributed by atoms with Crippen molar-refractivity contribution < 1.29 is 14.6 Å². The summed E-state index contributed by atoms with van der Waals surface area (Å²) in [5.41, 5.74) is 0. The molecule has 0 aliphatic rings. The zero-order chi connectivity index (χ0) is 13.2. The van der Waals surface area contributed by atoms with Crippen LogP contribution >= 0.6 is 11.8 Å². The third kappa shape index (κ3) is 6.64. The van der Waals surface area contributed by atoms with Gasteiger partial charge >= 0.3 is 0 Å². The van der Waals surface area contributed by atoms with E-state index in [1.54, 1.807) is 0 Å². The Morgan fingerprint density at radius 3 is 2.83 bits per heavy atom. The number of hydrogen-bond acceptors (Lipinski definition) is 4. The largest absolute Gasteiger partial charge is 0.391 e. The van der Waals surface area contributed by atoms with E-state index in [0.29, 0.717) is 25.3 Å². The standard InChI is InChI=1S/C13H19NO3S/c1-17-9-11(15)7-8-14-13(16)10-18-12-5-3-2-4-6-12/h2-6,11,15H,7-10H2,1H3,(H,14,16). The molecular formula is C13H19NO3S. The van der Waals surface area contributed by atoms with Crippen molar-refractivity contribution in [1.82, 2.24) is 5.32 Å². The molecule has 0 bridgehead atoms. The fraction of sp³-hybridized carbons (Fsp3) is 0.462. The first-order chi connectivity index (χ1) is 8.72. The average molecular weight is 269 g/mol. The molecule has 0 heterocycles. The molecule has 18 heavy (non-hydrogen) atoms. The summed E-state index contributed by atoms with van der Waals surface area (Å²) in [7, 11) is 1.54. The van der Waals surface area contributed by atoms with Gasteiger partial charge in [0.05, 0.1) is 18.5 Å². The zero-order valence-electron chi connectivity index (χ0n) is 10.5. The second kappa shape index (κ2) is 8.97. The number of methoxy groups -OCH3 is 1. The molecule has 0 aliphatic heterocycles. The van der Waals surface area contributed by atoms with Crippen molar-refractivity contribution in [2.75, 3.05) is 26.0 Å². The number of amides is 1. The molecule has 1 aromatic carbocycles. The molecule has 1 amide bonds. The number of carbonyl (C=O) groups is 1. The first-order valence-corrected chi connectivity index (χ1v) is 6.82. The summed E-state index contributed by atoms with van der Waals surface area (Å²) in [6.45, 7) is 0.771. The lowest BCUT2D eigenvalue weighted by Crippen LogP contribution is -2.29. The van der Waals surface area contributed by atoms with Gasteiger partial charge in [0, 0.05) is 18.6 Å². The van der Waals surface area contributed by atoms with Gasteiger partial charge in [-0.2, -0.15) is 0 Å². The molecule has 100 valence electrons. The maximum absolute atomic E-state index is 11.5. The Balaban J connectivity index is 2.11. The van der Waals surface area contributed by atoms with Gasteiger partial charge in [-0.05, 0) is 18.6 Å². The van der Waals surface area contributed by atoms with Gasteiger partial charge < -0.3 is 15.2 Å². The van der Waals surface area contributed by atoms with Crippen molar-refractivity contribution in [1.29, 1.82) is 0 Å². The summed E-state index contributed by atoms with van der Waals surface area (Å²) in [6.07, 6.45) is -0.00709. The maximum Gasteiger partial charge on any atom is 0.230 e. The van der Waals surface area contributed by atoms with Crippen LogP contribution in [0.5, 0.6) is 0 Å². The van der Waals surface area contributed by atoms with E-state index in [2.05, 4.69) is 5.32 Å². The smallest absolute Gasteiger partial charge is 0.230 e. The first-order valence-electron chi connectivity index (χ1n) is 5.84. The Kier molecular flexibility index (Phi) is 7.48. The molecule has 1 atom stereocenters. The van der Waals surface area contributed by atoms with Crippen molar-refractivity contribution >= 4 is 17.7 Å². The lowest BCUT2D eigenvalue weighted by molar-refractivity contribution is -0.118. The van der Waals surface area contributed by atoms with E-state index in [4.69, 9.17) is 4.74 Å². The molecule has 0 radical (unpaired) electrons. The molecule has 1 aromatic rings. The van der Waals surface area contributed by atoms with Gasteiger partial charge in [0.15, 0.2) is 0 Å². The van der Waals surface area contributed by atoms with Crippen LogP contribution in [-0.4, -0.2) is 43.1 Å². The summed E-state index contributed by atoms with van der Waals surface area (Å²) in [5.74, 6) is 0.373. The first kappa shape index (κ1) is 15.0. The van der Waals surface area contributed by atoms with E-state index in [1.165, 1.54) is 18.9 Å². The van der Waals surface area contributed by atoms with E-state index >= 15 is 0 Å². The van der Waals surface area contributed by atoms with Crippen LogP contribution in [0.3, 0.4) is 0 Å². The minimum atomic E-state index is -0.517. The minimum Gasteiger partial charge on any atom is -0.391 e. The van der Waals surface area contributed by atoms with Crippen LogP contribution in [-0.2, 0) is 9.53 Å². The van der Waals surface area contributed by atoms with Gasteiger partial charge in [-0.3, -0.25) is 4.79 Å². The summed E-state index contributed by atoms with van der Waals surface area (Å²) in [5, 5.41) is 12.2. The summed E-state index contributed by atoms with van der Waals surface area (Å²) < 4.78 is 4.80. The predicted octanol–water partition coefficient (Wildman–Crippen LogP) is 1.29. The van der Waals surface area contributed by atoms with E-state index < -0.39 is 6.10 Å². The summed E-state index contributed by atoms with van der Waals surface area (Å²) in [6, 6.07) is 9.78. The Morgan fingerprint density at radius 2 is 2.17 bits per heavy atom. The van der Waals surface area contributed by atoms with Gasteiger partial charge in [0.1, 0.15) is 0 Å². The Morgan fingerprint density at radius 1 is 1.44 bits per heavy atom. The molecule has 1 rings (SSSR count). The number of benzene rings is 1. The molecule has 0 saturated heterocycles. The zero-order valence-corrected chi connectivity index (χ0v) is 11.3. The predicted molar refractivity (Wildman–Crippen MR) is 72.7 cm³/mol. The van der Waals surface area contributed by atoms with Crippen LogP contribution in [0.1, 0.15) is 6.42 Å². The summed E-state index contributed by atoms with van der Waals surface area (Å²) >= 11 is 1.50. The fourth-order valence-corrected chi connectivity index (χ4v) is 2.12. The van der Waals surface area contributed by atoms with E-state index in [9.17, 15) is 9.90 Å². The quantitative estimate of drug-likeness (QED) is 0.698. The molecule has 0 aliphatic carbocycles. The number of ether oxygens (including phenoxy) is 1. The Bertz CT molecular complexity index is 345. The molecule has 0 spiro atoms. The van der Waals surface area contributed by atoms with Crippen LogP contribution in [0.25, 0.3) is 0 Å². The molecule has 0 aromatic heterocycles. The number of aliphatic hydroxyl groups is 1. The lowest BCUT2D eigenvalue weighted by atomic mass is 10.3. The molecule has 0 fully saturated rings. The number of nitrogens with one attached hydrogen (secondary N) is 1. The van der Waals surface area contributed by atoms with Gasteiger partial charge in [-0.25, -0.2) is 0 Å². The Labute approximate surface area is 112 Å². The fourth-order valence-electron chi connectivity index (χ4n) is 1.37. The second-order valence-corrected chi connectivity index (χ2v) is 4.90. The highest BCUT2D eigenvalue weighted by molar-refractivity contribution is 8.00. The van der Waals surface area contributed by atoms with Crippen LogP contribution in [0.4, 0.5) is 0 Å².